The number of thioether (sulfide) groups is 1. The van der Waals surface area contributed by atoms with Crippen LogP contribution in [0.3, 0.4) is 0 Å². The summed E-state index contributed by atoms with van der Waals surface area (Å²) in [6.45, 7) is 5.69. The van der Waals surface area contributed by atoms with E-state index >= 15 is 0 Å². The molecule has 148 valence electrons. The maximum Gasteiger partial charge on any atom is 0.244 e. The van der Waals surface area contributed by atoms with Crippen molar-refractivity contribution in [1.29, 1.82) is 0 Å². The van der Waals surface area contributed by atoms with Crippen molar-refractivity contribution in [2.24, 2.45) is 0 Å². The summed E-state index contributed by atoms with van der Waals surface area (Å²) in [6.07, 6.45) is 0.494. The highest BCUT2D eigenvalue weighted by atomic mass is 32.2. The van der Waals surface area contributed by atoms with Gasteiger partial charge in [0.2, 0.25) is 11.8 Å². The highest BCUT2D eigenvalue weighted by Crippen LogP contribution is 2.23. The SMILES string of the molecule is CC(C)(C)NC(=O)C1CSCN1C(=O)CCC(=O)CCC(=O)c1cccs1. The predicted molar refractivity (Wildman–Crippen MR) is 108 cm³/mol. The van der Waals surface area contributed by atoms with E-state index in [1.54, 1.807) is 17.0 Å². The first-order valence-electron chi connectivity index (χ1n) is 8.95. The third-order valence-corrected chi connectivity index (χ3v) is 5.97. The maximum absolute atomic E-state index is 12.5. The number of rotatable bonds is 8. The minimum Gasteiger partial charge on any atom is -0.350 e. The van der Waals surface area contributed by atoms with Crippen LogP contribution in [0.4, 0.5) is 0 Å². The van der Waals surface area contributed by atoms with Gasteiger partial charge in [-0.2, -0.15) is 0 Å². The van der Waals surface area contributed by atoms with Crippen LogP contribution in [0.25, 0.3) is 0 Å². The number of carbonyl (C=O) groups is 4. The lowest BCUT2D eigenvalue weighted by Gasteiger charge is -2.27. The Hall–Kier alpha value is -1.67. The third-order valence-electron chi connectivity index (χ3n) is 4.05. The van der Waals surface area contributed by atoms with E-state index in [9.17, 15) is 19.2 Å². The van der Waals surface area contributed by atoms with Gasteiger partial charge in [0.15, 0.2) is 5.78 Å². The molecule has 2 amide bonds. The zero-order chi connectivity index (χ0) is 20.0. The van der Waals surface area contributed by atoms with Crippen molar-refractivity contribution in [2.45, 2.75) is 58.0 Å². The van der Waals surface area contributed by atoms with Crippen molar-refractivity contribution in [3.05, 3.63) is 22.4 Å². The van der Waals surface area contributed by atoms with Gasteiger partial charge in [-0.1, -0.05) is 6.07 Å². The Morgan fingerprint density at radius 2 is 1.85 bits per heavy atom. The van der Waals surface area contributed by atoms with Crippen molar-refractivity contribution < 1.29 is 19.2 Å². The number of ketones is 2. The average Bonchev–Trinajstić information content (AvgIpc) is 3.27. The van der Waals surface area contributed by atoms with Crippen LogP contribution in [-0.2, 0) is 14.4 Å². The average molecular weight is 411 g/mol. The molecule has 6 nitrogen and oxygen atoms in total. The van der Waals surface area contributed by atoms with E-state index in [0.29, 0.717) is 16.5 Å². The molecule has 27 heavy (non-hydrogen) atoms. The molecule has 0 saturated carbocycles. The topological polar surface area (TPSA) is 83.6 Å². The fraction of sp³-hybridized carbons (Fsp3) is 0.579. The number of nitrogens with zero attached hydrogens (tertiary/aromatic N) is 1. The van der Waals surface area contributed by atoms with Gasteiger partial charge in [-0.25, -0.2) is 0 Å². The molecule has 0 aromatic carbocycles. The second kappa shape index (κ2) is 9.50. The van der Waals surface area contributed by atoms with Crippen LogP contribution in [-0.4, -0.2) is 51.5 Å². The molecule has 2 rings (SSSR count). The van der Waals surface area contributed by atoms with E-state index in [1.165, 1.54) is 23.1 Å². The summed E-state index contributed by atoms with van der Waals surface area (Å²) in [6, 6.07) is 3.06. The highest BCUT2D eigenvalue weighted by molar-refractivity contribution is 7.99. The molecule has 1 fully saturated rings. The molecule has 0 bridgehead atoms. The Balaban J connectivity index is 1.77. The lowest BCUT2D eigenvalue weighted by molar-refractivity contribution is -0.139. The molecule has 1 unspecified atom stereocenters. The van der Waals surface area contributed by atoms with Gasteiger partial charge in [0.25, 0.3) is 0 Å². The maximum atomic E-state index is 12.5. The molecule has 1 aromatic rings. The van der Waals surface area contributed by atoms with Gasteiger partial charge in [0, 0.05) is 37.0 Å². The van der Waals surface area contributed by atoms with Crippen LogP contribution >= 0.6 is 23.1 Å². The van der Waals surface area contributed by atoms with Crippen molar-refractivity contribution in [1.82, 2.24) is 10.2 Å². The summed E-state index contributed by atoms with van der Waals surface area (Å²) >= 11 is 2.90. The summed E-state index contributed by atoms with van der Waals surface area (Å²) in [5.41, 5.74) is -0.357. The Morgan fingerprint density at radius 1 is 1.15 bits per heavy atom. The first-order valence-corrected chi connectivity index (χ1v) is 11.0. The Morgan fingerprint density at radius 3 is 2.48 bits per heavy atom. The van der Waals surface area contributed by atoms with E-state index in [0.717, 1.165) is 0 Å². The van der Waals surface area contributed by atoms with E-state index in [2.05, 4.69) is 5.32 Å². The quantitative estimate of drug-likeness (QED) is 0.666. The highest BCUT2D eigenvalue weighted by Gasteiger charge is 2.35. The summed E-state index contributed by atoms with van der Waals surface area (Å²) in [7, 11) is 0. The lowest BCUT2D eigenvalue weighted by atomic mass is 10.1. The Labute approximate surface area is 168 Å². The molecule has 1 aliphatic rings. The molecule has 0 aliphatic carbocycles. The van der Waals surface area contributed by atoms with E-state index < -0.39 is 6.04 Å². The number of thiophene rings is 1. The molecule has 1 aromatic heterocycles. The van der Waals surface area contributed by atoms with Gasteiger partial charge in [-0.3, -0.25) is 19.2 Å². The summed E-state index contributed by atoms with van der Waals surface area (Å²) < 4.78 is 0. The largest absolute Gasteiger partial charge is 0.350 e. The van der Waals surface area contributed by atoms with Crippen LogP contribution in [0.15, 0.2) is 17.5 Å². The smallest absolute Gasteiger partial charge is 0.244 e. The summed E-state index contributed by atoms with van der Waals surface area (Å²) in [4.78, 5) is 51.0. The second-order valence-corrected chi connectivity index (χ2v) is 9.51. The molecular weight excluding hydrogens is 384 g/mol. The molecule has 2 heterocycles. The fourth-order valence-electron chi connectivity index (χ4n) is 2.69. The molecule has 1 saturated heterocycles. The number of carbonyl (C=O) groups excluding carboxylic acids is 4. The van der Waals surface area contributed by atoms with Gasteiger partial charge in [0.1, 0.15) is 11.8 Å². The second-order valence-electron chi connectivity index (χ2n) is 7.56. The first kappa shape index (κ1) is 21.6. The molecular formula is C19H26N2O4S2. The van der Waals surface area contributed by atoms with Crippen LogP contribution in [0.2, 0.25) is 0 Å². The minimum atomic E-state index is -0.489. The number of hydrogen-bond acceptors (Lipinski definition) is 6. The molecule has 8 heteroatoms. The number of hydrogen-bond donors (Lipinski definition) is 1. The van der Waals surface area contributed by atoms with Gasteiger partial charge in [0.05, 0.1) is 10.8 Å². The lowest BCUT2D eigenvalue weighted by Crippen LogP contribution is -2.52. The number of amides is 2. The molecule has 1 atom stereocenters. The minimum absolute atomic E-state index is 0.0421. The van der Waals surface area contributed by atoms with Gasteiger partial charge >= 0.3 is 0 Å². The van der Waals surface area contributed by atoms with Crippen LogP contribution in [0.5, 0.6) is 0 Å². The van der Waals surface area contributed by atoms with E-state index in [4.69, 9.17) is 0 Å². The van der Waals surface area contributed by atoms with Crippen molar-refractivity contribution in [2.75, 3.05) is 11.6 Å². The molecule has 0 radical (unpaired) electrons. The van der Waals surface area contributed by atoms with Crippen LogP contribution in [0, 0.1) is 0 Å². The first-order chi connectivity index (χ1) is 12.7. The zero-order valence-corrected chi connectivity index (χ0v) is 17.6. The third kappa shape index (κ3) is 6.77. The van der Waals surface area contributed by atoms with Crippen LogP contribution in [0.1, 0.15) is 56.1 Å². The van der Waals surface area contributed by atoms with E-state index in [1.807, 2.05) is 26.2 Å². The Kier molecular flexibility index (Phi) is 7.61. The summed E-state index contributed by atoms with van der Waals surface area (Å²) in [5, 5.41) is 4.73. The number of Topliss-reactive ketones (excluding diaryl/α,β-unsaturated/α-hetero) is 2. The molecule has 1 N–H and O–H groups in total. The molecule has 1 aliphatic heterocycles. The summed E-state index contributed by atoms with van der Waals surface area (Å²) in [5.74, 6) is 0.541. The van der Waals surface area contributed by atoms with Crippen LogP contribution < -0.4 is 5.32 Å². The van der Waals surface area contributed by atoms with Crippen molar-refractivity contribution >= 4 is 46.5 Å². The normalized spacial score (nSPS) is 17.0. The van der Waals surface area contributed by atoms with Gasteiger partial charge in [-0.05, 0) is 32.2 Å². The van der Waals surface area contributed by atoms with E-state index in [-0.39, 0.29) is 54.6 Å². The molecule has 0 spiro atoms. The van der Waals surface area contributed by atoms with Gasteiger partial charge in [-0.15, -0.1) is 23.1 Å². The van der Waals surface area contributed by atoms with Gasteiger partial charge < -0.3 is 10.2 Å². The van der Waals surface area contributed by atoms with Crippen molar-refractivity contribution in [3.63, 3.8) is 0 Å². The fourth-order valence-corrected chi connectivity index (χ4v) is 4.56. The Bertz CT molecular complexity index is 695. The standard InChI is InChI=1S/C19H26N2O4S2/c1-19(2,3)20-18(25)14-11-26-12-21(14)17(24)9-7-13(22)6-8-15(23)16-5-4-10-27-16/h4-5,10,14H,6-9,11-12H2,1-3H3,(H,20,25). The monoisotopic (exact) mass is 410 g/mol. The van der Waals surface area contributed by atoms with Crippen molar-refractivity contribution in [3.8, 4) is 0 Å². The predicted octanol–water partition coefficient (Wildman–Crippen LogP) is 2.88. The number of nitrogens with one attached hydrogen (secondary N) is 1. The zero-order valence-electron chi connectivity index (χ0n) is 15.9.